The number of ether oxygens (including phenoxy) is 1. The van der Waals surface area contributed by atoms with E-state index in [1.54, 1.807) is 0 Å². The van der Waals surface area contributed by atoms with Gasteiger partial charge in [-0.2, -0.15) is 0 Å². The maximum Gasteiger partial charge on any atom is 0.321 e. The molecule has 0 aliphatic carbocycles. The van der Waals surface area contributed by atoms with E-state index in [1.165, 1.54) is 0 Å². The summed E-state index contributed by atoms with van der Waals surface area (Å²) in [4.78, 5) is 13.4. The standard InChI is InChI=1S/C15H21NO3/c1-3-19-13-7-5-4-6-12(13)10-16-9-8-11(2)14(16)15(17)18/h4-7,11,14H,3,8-10H2,1-2H3,(H,17,18). The van der Waals surface area contributed by atoms with Gasteiger partial charge in [-0.25, -0.2) is 0 Å². The second kappa shape index (κ2) is 6.06. The number of aliphatic carboxylic acids is 1. The maximum absolute atomic E-state index is 11.4. The van der Waals surface area contributed by atoms with Gasteiger partial charge in [-0.15, -0.1) is 0 Å². The highest BCUT2D eigenvalue weighted by atomic mass is 16.5. The zero-order valence-corrected chi connectivity index (χ0v) is 11.5. The SMILES string of the molecule is CCOc1ccccc1CN1CCC(C)C1C(=O)O. The minimum atomic E-state index is -0.723. The molecule has 2 unspecified atom stereocenters. The van der Waals surface area contributed by atoms with Gasteiger partial charge in [0.05, 0.1) is 6.61 Å². The van der Waals surface area contributed by atoms with Crippen molar-refractivity contribution >= 4 is 5.97 Å². The van der Waals surface area contributed by atoms with E-state index < -0.39 is 5.97 Å². The molecule has 4 heteroatoms. The van der Waals surface area contributed by atoms with Gasteiger partial charge in [-0.1, -0.05) is 25.1 Å². The second-order valence-electron chi connectivity index (χ2n) is 5.06. The smallest absolute Gasteiger partial charge is 0.321 e. The van der Waals surface area contributed by atoms with Crippen molar-refractivity contribution < 1.29 is 14.6 Å². The lowest BCUT2D eigenvalue weighted by Gasteiger charge is -2.24. The molecule has 4 nitrogen and oxygen atoms in total. The summed E-state index contributed by atoms with van der Waals surface area (Å²) in [6, 6.07) is 7.47. The molecule has 1 aromatic rings. The summed E-state index contributed by atoms with van der Waals surface area (Å²) < 4.78 is 5.60. The molecule has 1 saturated heterocycles. The minimum Gasteiger partial charge on any atom is -0.494 e. The summed E-state index contributed by atoms with van der Waals surface area (Å²) in [5, 5.41) is 9.33. The lowest BCUT2D eigenvalue weighted by molar-refractivity contribution is -0.143. The first-order valence-electron chi connectivity index (χ1n) is 6.81. The van der Waals surface area contributed by atoms with Gasteiger partial charge in [-0.05, 0) is 31.9 Å². The van der Waals surface area contributed by atoms with Crippen molar-refractivity contribution in [2.24, 2.45) is 5.92 Å². The zero-order valence-electron chi connectivity index (χ0n) is 11.5. The molecule has 0 amide bonds. The molecular formula is C15H21NO3. The highest BCUT2D eigenvalue weighted by molar-refractivity contribution is 5.74. The summed E-state index contributed by atoms with van der Waals surface area (Å²) in [6.45, 7) is 6.05. The van der Waals surface area contributed by atoms with Crippen LogP contribution in [0.3, 0.4) is 0 Å². The van der Waals surface area contributed by atoms with Gasteiger partial charge >= 0.3 is 5.97 Å². The van der Waals surface area contributed by atoms with Crippen LogP contribution in [0.5, 0.6) is 5.75 Å². The van der Waals surface area contributed by atoms with Crippen molar-refractivity contribution in [2.45, 2.75) is 32.9 Å². The Labute approximate surface area is 114 Å². The Bertz CT molecular complexity index is 447. The number of para-hydroxylation sites is 1. The van der Waals surface area contributed by atoms with Gasteiger partial charge in [0.15, 0.2) is 0 Å². The molecule has 1 N–H and O–H groups in total. The van der Waals surface area contributed by atoms with E-state index >= 15 is 0 Å². The Hall–Kier alpha value is -1.55. The molecule has 104 valence electrons. The third-order valence-electron chi connectivity index (χ3n) is 3.70. The van der Waals surface area contributed by atoms with Crippen LogP contribution in [-0.2, 0) is 11.3 Å². The highest BCUT2D eigenvalue weighted by Crippen LogP contribution is 2.28. The van der Waals surface area contributed by atoms with Gasteiger partial charge < -0.3 is 9.84 Å². The Kier molecular flexibility index (Phi) is 4.43. The predicted octanol–water partition coefficient (Wildman–Crippen LogP) is 2.38. The summed E-state index contributed by atoms with van der Waals surface area (Å²) in [7, 11) is 0. The molecule has 2 rings (SSSR count). The van der Waals surface area contributed by atoms with Crippen molar-refractivity contribution in [3.05, 3.63) is 29.8 Å². The fourth-order valence-corrected chi connectivity index (χ4v) is 2.75. The Morgan fingerprint density at radius 3 is 2.89 bits per heavy atom. The molecule has 1 aliphatic rings. The third-order valence-corrected chi connectivity index (χ3v) is 3.70. The van der Waals surface area contributed by atoms with Crippen LogP contribution in [-0.4, -0.2) is 35.2 Å². The molecular weight excluding hydrogens is 242 g/mol. The Morgan fingerprint density at radius 2 is 2.21 bits per heavy atom. The van der Waals surface area contributed by atoms with Crippen LogP contribution in [0, 0.1) is 5.92 Å². The largest absolute Gasteiger partial charge is 0.494 e. The molecule has 1 heterocycles. The van der Waals surface area contributed by atoms with E-state index in [0.717, 1.165) is 24.3 Å². The van der Waals surface area contributed by atoms with Crippen LogP contribution >= 0.6 is 0 Å². The van der Waals surface area contributed by atoms with E-state index in [2.05, 4.69) is 0 Å². The van der Waals surface area contributed by atoms with E-state index in [4.69, 9.17) is 4.74 Å². The van der Waals surface area contributed by atoms with Gasteiger partial charge in [0.1, 0.15) is 11.8 Å². The lowest BCUT2D eigenvalue weighted by Crippen LogP contribution is -2.38. The topological polar surface area (TPSA) is 49.8 Å². The average Bonchev–Trinajstić information content (AvgIpc) is 2.73. The number of likely N-dealkylation sites (tertiary alicyclic amines) is 1. The number of nitrogens with zero attached hydrogens (tertiary/aromatic N) is 1. The normalized spacial score (nSPS) is 23.5. The lowest BCUT2D eigenvalue weighted by atomic mass is 10.0. The maximum atomic E-state index is 11.4. The van der Waals surface area contributed by atoms with Gasteiger partial charge in [0.25, 0.3) is 0 Å². The first-order chi connectivity index (χ1) is 9.13. The van der Waals surface area contributed by atoms with E-state index in [-0.39, 0.29) is 12.0 Å². The first-order valence-corrected chi connectivity index (χ1v) is 6.81. The molecule has 1 aliphatic heterocycles. The molecule has 0 bridgehead atoms. The van der Waals surface area contributed by atoms with Crippen molar-refractivity contribution in [2.75, 3.05) is 13.2 Å². The van der Waals surface area contributed by atoms with E-state index in [9.17, 15) is 9.90 Å². The molecule has 19 heavy (non-hydrogen) atoms. The first kappa shape index (κ1) is 13.9. The van der Waals surface area contributed by atoms with Gasteiger partial charge in [-0.3, -0.25) is 9.69 Å². The van der Waals surface area contributed by atoms with Crippen molar-refractivity contribution in [1.29, 1.82) is 0 Å². The number of carboxylic acids is 1. The Morgan fingerprint density at radius 1 is 1.47 bits per heavy atom. The number of hydrogen-bond acceptors (Lipinski definition) is 3. The molecule has 1 fully saturated rings. The highest BCUT2D eigenvalue weighted by Gasteiger charge is 2.36. The number of hydrogen-bond donors (Lipinski definition) is 1. The second-order valence-corrected chi connectivity index (χ2v) is 5.06. The molecule has 2 atom stereocenters. The van der Waals surface area contributed by atoms with Gasteiger partial charge in [0, 0.05) is 12.1 Å². The number of carboxylic acid groups (broad SMARTS) is 1. The van der Waals surface area contributed by atoms with Crippen LogP contribution in [0.2, 0.25) is 0 Å². The van der Waals surface area contributed by atoms with Crippen molar-refractivity contribution in [1.82, 2.24) is 4.90 Å². The summed E-state index contributed by atoms with van der Waals surface area (Å²) in [5.74, 6) is 0.337. The monoisotopic (exact) mass is 263 g/mol. The molecule has 0 aromatic heterocycles. The van der Waals surface area contributed by atoms with Crippen LogP contribution in [0.25, 0.3) is 0 Å². The van der Waals surface area contributed by atoms with Gasteiger partial charge in [0.2, 0.25) is 0 Å². The number of benzene rings is 1. The van der Waals surface area contributed by atoms with Crippen LogP contribution in [0.4, 0.5) is 0 Å². The molecule has 0 radical (unpaired) electrons. The minimum absolute atomic E-state index is 0.205. The molecule has 0 spiro atoms. The predicted molar refractivity (Wildman–Crippen MR) is 73.2 cm³/mol. The van der Waals surface area contributed by atoms with Crippen LogP contribution in [0.15, 0.2) is 24.3 Å². The fourth-order valence-electron chi connectivity index (χ4n) is 2.75. The summed E-state index contributed by atoms with van der Waals surface area (Å²) >= 11 is 0. The zero-order chi connectivity index (χ0) is 13.8. The third kappa shape index (κ3) is 3.07. The van der Waals surface area contributed by atoms with Crippen LogP contribution < -0.4 is 4.74 Å². The van der Waals surface area contributed by atoms with Crippen molar-refractivity contribution in [3.8, 4) is 5.75 Å². The summed E-state index contributed by atoms with van der Waals surface area (Å²) in [6.07, 6.45) is 0.938. The average molecular weight is 263 g/mol. The Balaban J connectivity index is 2.14. The number of rotatable bonds is 5. The van der Waals surface area contributed by atoms with E-state index in [1.807, 2.05) is 43.0 Å². The van der Waals surface area contributed by atoms with E-state index in [0.29, 0.717) is 13.2 Å². The summed E-state index contributed by atoms with van der Waals surface area (Å²) in [5.41, 5.74) is 1.06. The fraction of sp³-hybridized carbons (Fsp3) is 0.533. The number of carbonyl (C=O) groups is 1. The van der Waals surface area contributed by atoms with Crippen LogP contribution in [0.1, 0.15) is 25.8 Å². The van der Waals surface area contributed by atoms with Crippen molar-refractivity contribution in [3.63, 3.8) is 0 Å². The molecule has 1 aromatic carbocycles. The molecule has 0 saturated carbocycles. The quantitative estimate of drug-likeness (QED) is 0.886.